The highest BCUT2D eigenvalue weighted by molar-refractivity contribution is 5.78. The van der Waals surface area contributed by atoms with Crippen LogP contribution < -0.4 is 19.5 Å². The molecule has 2 aromatic carbocycles. The number of methoxy groups -OCH3 is 1. The molecule has 0 saturated heterocycles. The van der Waals surface area contributed by atoms with Crippen molar-refractivity contribution in [2.75, 3.05) is 20.3 Å². The molecule has 0 aliphatic rings. The van der Waals surface area contributed by atoms with Crippen LogP contribution in [0.1, 0.15) is 31.0 Å². The normalized spacial score (nSPS) is 11.5. The van der Waals surface area contributed by atoms with Gasteiger partial charge in [0.25, 0.3) is 5.91 Å². The Kier molecular flexibility index (Phi) is 6.69. The zero-order chi connectivity index (χ0) is 18.2. The van der Waals surface area contributed by atoms with Gasteiger partial charge in [-0.15, -0.1) is 0 Å². The smallest absolute Gasteiger partial charge is 0.258 e. The van der Waals surface area contributed by atoms with Crippen molar-refractivity contribution in [1.29, 1.82) is 0 Å². The summed E-state index contributed by atoms with van der Waals surface area (Å²) < 4.78 is 16.4. The number of carbonyl (C=O) groups is 1. The Morgan fingerprint density at radius 2 is 1.92 bits per heavy atom. The predicted octanol–water partition coefficient (Wildman–Crippen LogP) is 3.66. The Balaban J connectivity index is 1.94. The van der Waals surface area contributed by atoms with Crippen LogP contribution in [0, 0.1) is 6.92 Å². The quantitative estimate of drug-likeness (QED) is 0.795. The molecule has 1 amide bonds. The van der Waals surface area contributed by atoms with Gasteiger partial charge in [0.15, 0.2) is 18.1 Å². The molecule has 0 spiro atoms. The Morgan fingerprint density at radius 1 is 1.12 bits per heavy atom. The van der Waals surface area contributed by atoms with Crippen molar-refractivity contribution >= 4 is 5.91 Å². The van der Waals surface area contributed by atoms with Gasteiger partial charge in [-0.3, -0.25) is 4.79 Å². The van der Waals surface area contributed by atoms with Crippen LogP contribution in [0.15, 0.2) is 42.5 Å². The van der Waals surface area contributed by atoms with Crippen LogP contribution in [0.3, 0.4) is 0 Å². The van der Waals surface area contributed by atoms with Crippen molar-refractivity contribution in [3.63, 3.8) is 0 Å². The first kappa shape index (κ1) is 18.6. The van der Waals surface area contributed by atoms with E-state index in [0.717, 1.165) is 11.1 Å². The first-order chi connectivity index (χ1) is 12.0. The molecule has 5 heteroatoms. The molecule has 2 rings (SSSR count). The molecule has 0 bridgehead atoms. The second-order valence-electron chi connectivity index (χ2n) is 5.74. The number of rotatable bonds is 8. The lowest BCUT2D eigenvalue weighted by Gasteiger charge is -2.17. The van der Waals surface area contributed by atoms with Gasteiger partial charge in [0.2, 0.25) is 0 Å². The number of amides is 1. The molecule has 0 heterocycles. The molecular formula is C20H25NO4. The van der Waals surface area contributed by atoms with Crippen LogP contribution in [0.5, 0.6) is 17.2 Å². The third-order valence-electron chi connectivity index (χ3n) is 3.72. The van der Waals surface area contributed by atoms with E-state index in [2.05, 4.69) is 5.32 Å². The predicted molar refractivity (Wildman–Crippen MR) is 97.4 cm³/mol. The van der Waals surface area contributed by atoms with Crippen LogP contribution in [0.2, 0.25) is 0 Å². The van der Waals surface area contributed by atoms with Crippen molar-refractivity contribution in [3.05, 3.63) is 53.6 Å². The van der Waals surface area contributed by atoms with Gasteiger partial charge < -0.3 is 19.5 Å². The number of ether oxygens (including phenoxy) is 3. The highest BCUT2D eigenvalue weighted by Gasteiger charge is 2.13. The summed E-state index contributed by atoms with van der Waals surface area (Å²) >= 11 is 0. The van der Waals surface area contributed by atoms with E-state index in [4.69, 9.17) is 14.2 Å². The van der Waals surface area contributed by atoms with Gasteiger partial charge in [-0.2, -0.15) is 0 Å². The van der Waals surface area contributed by atoms with Gasteiger partial charge in [-0.25, -0.2) is 0 Å². The molecule has 1 atom stereocenters. The van der Waals surface area contributed by atoms with E-state index in [1.807, 2.05) is 63.2 Å². The Morgan fingerprint density at radius 3 is 2.60 bits per heavy atom. The summed E-state index contributed by atoms with van der Waals surface area (Å²) in [6, 6.07) is 13.1. The summed E-state index contributed by atoms with van der Waals surface area (Å²) in [5, 5.41) is 2.92. The maximum atomic E-state index is 12.1. The molecule has 25 heavy (non-hydrogen) atoms. The summed E-state index contributed by atoms with van der Waals surface area (Å²) in [5.74, 6) is 1.85. The molecule has 5 nitrogen and oxygen atoms in total. The number of aryl methyl sites for hydroxylation is 1. The van der Waals surface area contributed by atoms with Crippen LogP contribution in [0.4, 0.5) is 0 Å². The van der Waals surface area contributed by atoms with Crippen LogP contribution in [0.25, 0.3) is 0 Å². The fourth-order valence-corrected chi connectivity index (χ4v) is 2.45. The maximum absolute atomic E-state index is 12.1. The molecule has 2 aromatic rings. The third kappa shape index (κ3) is 5.41. The van der Waals surface area contributed by atoms with E-state index in [9.17, 15) is 4.79 Å². The average Bonchev–Trinajstić information content (AvgIpc) is 2.60. The zero-order valence-corrected chi connectivity index (χ0v) is 15.2. The lowest BCUT2D eigenvalue weighted by Crippen LogP contribution is -2.31. The van der Waals surface area contributed by atoms with Gasteiger partial charge in [-0.05, 0) is 56.2 Å². The van der Waals surface area contributed by atoms with Crippen molar-refractivity contribution in [2.24, 2.45) is 0 Å². The van der Waals surface area contributed by atoms with Crippen LogP contribution >= 0.6 is 0 Å². The summed E-state index contributed by atoms with van der Waals surface area (Å²) in [4.78, 5) is 12.1. The lowest BCUT2D eigenvalue weighted by atomic mass is 10.1. The summed E-state index contributed by atoms with van der Waals surface area (Å²) in [6.45, 7) is 6.36. The molecule has 0 radical (unpaired) electrons. The van der Waals surface area contributed by atoms with Gasteiger partial charge in [0.1, 0.15) is 5.75 Å². The molecule has 1 unspecified atom stereocenters. The lowest BCUT2D eigenvalue weighted by molar-refractivity contribution is -0.123. The van der Waals surface area contributed by atoms with Crippen molar-refractivity contribution in [3.8, 4) is 17.2 Å². The Hall–Kier alpha value is -2.69. The van der Waals surface area contributed by atoms with Gasteiger partial charge in [0, 0.05) is 0 Å². The van der Waals surface area contributed by atoms with Gasteiger partial charge in [-0.1, -0.05) is 18.2 Å². The fourth-order valence-electron chi connectivity index (χ4n) is 2.45. The zero-order valence-electron chi connectivity index (χ0n) is 15.2. The molecule has 0 aromatic heterocycles. The highest BCUT2D eigenvalue weighted by atomic mass is 16.5. The SMILES string of the molecule is CCOc1ccc(C(C)NC(=O)COc2cccc(C)c2)cc1OC. The molecule has 1 N–H and O–H groups in total. The average molecular weight is 343 g/mol. The standard InChI is InChI=1S/C20H25NO4/c1-5-24-18-10-9-16(12-19(18)23-4)15(3)21-20(22)13-25-17-8-6-7-14(2)11-17/h6-12,15H,5,13H2,1-4H3,(H,21,22). The Labute approximate surface area is 148 Å². The second kappa shape index (κ2) is 8.97. The largest absolute Gasteiger partial charge is 0.493 e. The topological polar surface area (TPSA) is 56.8 Å². The van der Waals surface area contributed by atoms with Crippen molar-refractivity contribution in [2.45, 2.75) is 26.8 Å². The molecule has 134 valence electrons. The van der Waals surface area contributed by atoms with E-state index in [1.54, 1.807) is 7.11 Å². The fraction of sp³-hybridized carbons (Fsp3) is 0.350. The van der Waals surface area contributed by atoms with E-state index < -0.39 is 0 Å². The van der Waals surface area contributed by atoms with Crippen molar-refractivity contribution in [1.82, 2.24) is 5.32 Å². The first-order valence-corrected chi connectivity index (χ1v) is 8.33. The molecule has 0 aliphatic heterocycles. The second-order valence-corrected chi connectivity index (χ2v) is 5.74. The molecule has 0 saturated carbocycles. The van der Waals surface area contributed by atoms with Crippen molar-refractivity contribution < 1.29 is 19.0 Å². The van der Waals surface area contributed by atoms with Gasteiger partial charge in [0.05, 0.1) is 19.8 Å². The summed E-state index contributed by atoms with van der Waals surface area (Å²) in [5.41, 5.74) is 2.02. The monoisotopic (exact) mass is 343 g/mol. The number of hydrogen-bond donors (Lipinski definition) is 1. The summed E-state index contributed by atoms with van der Waals surface area (Å²) in [6.07, 6.45) is 0. The summed E-state index contributed by atoms with van der Waals surface area (Å²) in [7, 11) is 1.60. The van der Waals surface area contributed by atoms with E-state index in [1.165, 1.54) is 0 Å². The number of carbonyl (C=O) groups excluding carboxylic acids is 1. The Bertz CT molecular complexity index is 715. The first-order valence-electron chi connectivity index (χ1n) is 8.33. The molecular weight excluding hydrogens is 318 g/mol. The van der Waals surface area contributed by atoms with E-state index in [0.29, 0.717) is 23.9 Å². The van der Waals surface area contributed by atoms with E-state index in [-0.39, 0.29) is 18.6 Å². The van der Waals surface area contributed by atoms with Crippen LogP contribution in [-0.2, 0) is 4.79 Å². The number of nitrogens with one attached hydrogen (secondary N) is 1. The molecule has 0 aliphatic carbocycles. The highest BCUT2D eigenvalue weighted by Crippen LogP contribution is 2.30. The maximum Gasteiger partial charge on any atom is 0.258 e. The minimum Gasteiger partial charge on any atom is -0.493 e. The van der Waals surface area contributed by atoms with E-state index >= 15 is 0 Å². The molecule has 0 fully saturated rings. The number of benzene rings is 2. The minimum atomic E-state index is -0.179. The van der Waals surface area contributed by atoms with Crippen LogP contribution in [-0.4, -0.2) is 26.2 Å². The van der Waals surface area contributed by atoms with Gasteiger partial charge >= 0.3 is 0 Å². The number of hydrogen-bond acceptors (Lipinski definition) is 4. The minimum absolute atomic E-state index is 0.0258. The third-order valence-corrected chi connectivity index (χ3v) is 3.72.